The zero-order valence-electron chi connectivity index (χ0n) is 9.58. The third-order valence-electron chi connectivity index (χ3n) is 2.95. The van der Waals surface area contributed by atoms with Crippen LogP contribution in [-0.4, -0.2) is 35.7 Å². The number of nitrogens with zero attached hydrogens (tertiary/aromatic N) is 1. The molecule has 2 aliphatic heterocycles. The molecule has 0 aromatic carbocycles. The van der Waals surface area contributed by atoms with Gasteiger partial charge in [-0.3, -0.25) is 4.99 Å². The molecule has 1 fully saturated rings. The van der Waals surface area contributed by atoms with Crippen molar-refractivity contribution in [3.05, 3.63) is 0 Å². The Morgan fingerprint density at radius 3 is 3.20 bits per heavy atom. The van der Waals surface area contributed by atoms with Gasteiger partial charge in [-0.15, -0.1) is 0 Å². The Morgan fingerprint density at radius 1 is 1.67 bits per heavy atom. The highest BCUT2D eigenvalue weighted by Gasteiger charge is 2.32. The van der Waals surface area contributed by atoms with Crippen LogP contribution in [-0.2, 0) is 4.74 Å². The molecule has 1 saturated heterocycles. The van der Waals surface area contributed by atoms with Gasteiger partial charge in [0.05, 0.1) is 18.7 Å². The summed E-state index contributed by atoms with van der Waals surface area (Å²) in [6.07, 6.45) is 3.61. The van der Waals surface area contributed by atoms with E-state index in [4.69, 9.17) is 4.74 Å². The molecule has 0 saturated carbocycles. The maximum Gasteiger partial charge on any atom is 0.157 e. The number of aliphatic imine (C=N–C) groups is 1. The summed E-state index contributed by atoms with van der Waals surface area (Å²) < 4.78 is 5.42. The van der Waals surface area contributed by atoms with Crippen LogP contribution < -0.4 is 5.32 Å². The van der Waals surface area contributed by atoms with Crippen molar-refractivity contribution in [2.24, 2.45) is 4.99 Å². The van der Waals surface area contributed by atoms with E-state index in [1.807, 2.05) is 11.8 Å². The van der Waals surface area contributed by atoms with Crippen molar-refractivity contribution in [3.63, 3.8) is 0 Å². The second-order valence-corrected chi connectivity index (χ2v) is 5.95. The van der Waals surface area contributed by atoms with Gasteiger partial charge in [0.2, 0.25) is 0 Å². The fraction of sp³-hybridized carbons (Fsp3) is 0.909. The Morgan fingerprint density at radius 2 is 2.53 bits per heavy atom. The van der Waals surface area contributed by atoms with E-state index in [0.29, 0.717) is 5.25 Å². The standard InChI is InChI=1S/C11H20N2OS/c1-3-4-9-7-12-10(15-9)13-11(2)5-6-14-8-11/h9H,3-8H2,1-2H3,(H,12,13). The molecule has 0 aromatic heterocycles. The lowest BCUT2D eigenvalue weighted by Gasteiger charge is -2.24. The van der Waals surface area contributed by atoms with E-state index in [-0.39, 0.29) is 5.54 Å². The summed E-state index contributed by atoms with van der Waals surface area (Å²) in [4.78, 5) is 4.56. The van der Waals surface area contributed by atoms with Crippen LogP contribution in [0.4, 0.5) is 0 Å². The SMILES string of the molecule is CCCC1CN=C(NC2(C)CCOC2)S1. The van der Waals surface area contributed by atoms with Gasteiger partial charge < -0.3 is 10.1 Å². The molecular formula is C11H20N2OS. The Balaban J connectivity index is 1.81. The van der Waals surface area contributed by atoms with Gasteiger partial charge in [-0.1, -0.05) is 25.1 Å². The minimum atomic E-state index is 0.118. The summed E-state index contributed by atoms with van der Waals surface area (Å²) in [5.74, 6) is 0. The molecule has 2 heterocycles. The summed E-state index contributed by atoms with van der Waals surface area (Å²) in [5.41, 5.74) is 0.118. The van der Waals surface area contributed by atoms with E-state index in [0.717, 1.165) is 31.3 Å². The predicted octanol–water partition coefficient (Wildman–Crippen LogP) is 2.03. The molecule has 15 heavy (non-hydrogen) atoms. The van der Waals surface area contributed by atoms with Gasteiger partial charge in [0, 0.05) is 11.9 Å². The van der Waals surface area contributed by atoms with Crippen LogP contribution in [0, 0.1) is 0 Å². The molecule has 2 unspecified atom stereocenters. The Hall–Kier alpha value is -0.220. The Kier molecular flexibility index (Phi) is 3.57. The largest absolute Gasteiger partial charge is 0.379 e. The van der Waals surface area contributed by atoms with E-state index in [1.54, 1.807) is 0 Å². The number of hydrogen-bond donors (Lipinski definition) is 1. The monoisotopic (exact) mass is 228 g/mol. The molecule has 2 rings (SSSR count). The van der Waals surface area contributed by atoms with Gasteiger partial charge in [0.25, 0.3) is 0 Å². The number of amidine groups is 1. The van der Waals surface area contributed by atoms with Crippen LogP contribution in [0.25, 0.3) is 0 Å². The first kappa shape index (κ1) is 11.3. The van der Waals surface area contributed by atoms with Gasteiger partial charge >= 0.3 is 0 Å². The molecule has 3 nitrogen and oxygen atoms in total. The van der Waals surface area contributed by atoms with Crippen molar-refractivity contribution in [2.75, 3.05) is 19.8 Å². The molecule has 0 radical (unpaired) electrons. The first-order valence-electron chi connectivity index (χ1n) is 5.79. The smallest absolute Gasteiger partial charge is 0.157 e. The van der Waals surface area contributed by atoms with Crippen molar-refractivity contribution in [1.29, 1.82) is 0 Å². The summed E-state index contributed by atoms with van der Waals surface area (Å²) in [6.45, 7) is 7.12. The van der Waals surface area contributed by atoms with Crippen LogP contribution in [0.1, 0.15) is 33.1 Å². The summed E-state index contributed by atoms with van der Waals surface area (Å²) in [5, 5.41) is 5.35. The van der Waals surface area contributed by atoms with Crippen molar-refractivity contribution in [3.8, 4) is 0 Å². The fourth-order valence-corrected chi connectivity index (χ4v) is 3.25. The summed E-state index contributed by atoms with van der Waals surface area (Å²) >= 11 is 1.90. The fourth-order valence-electron chi connectivity index (χ4n) is 1.98. The van der Waals surface area contributed by atoms with Crippen molar-refractivity contribution < 1.29 is 4.74 Å². The normalized spacial score (nSPS) is 35.6. The molecule has 2 atom stereocenters. The van der Waals surface area contributed by atoms with Gasteiger partial charge in [0.1, 0.15) is 0 Å². The number of nitrogens with one attached hydrogen (secondary N) is 1. The summed E-state index contributed by atoms with van der Waals surface area (Å²) in [6, 6.07) is 0. The highest BCUT2D eigenvalue weighted by molar-refractivity contribution is 8.14. The number of thioether (sulfide) groups is 1. The molecule has 0 bridgehead atoms. The molecule has 0 amide bonds. The Bertz CT molecular complexity index is 249. The van der Waals surface area contributed by atoms with E-state index in [9.17, 15) is 0 Å². The minimum Gasteiger partial charge on any atom is -0.379 e. The third kappa shape index (κ3) is 2.88. The zero-order chi connectivity index (χ0) is 10.7. The topological polar surface area (TPSA) is 33.6 Å². The molecule has 4 heteroatoms. The lowest BCUT2D eigenvalue weighted by atomic mass is 10.0. The quantitative estimate of drug-likeness (QED) is 0.802. The highest BCUT2D eigenvalue weighted by atomic mass is 32.2. The molecule has 0 aromatic rings. The van der Waals surface area contributed by atoms with Gasteiger partial charge in [-0.25, -0.2) is 0 Å². The van der Waals surface area contributed by atoms with Crippen LogP contribution in [0.3, 0.4) is 0 Å². The van der Waals surface area contributed by atoms with Crippen molar-refractivity contribution >= 4 is 16.9 Å². The van der Waals surface area contributed by atoms with E-state index < -0.39 is 0 Å². The average molecular weight is 228 g/mol. The maximum absolute atomic E-state index is 5.42. The minimum absolute atomic E-state index is 0.118. The second-order valence-electron chi connectivity index (χ2n) is 4.66. The molecule has 2 aliphatic rings. The number of ether oxygens (including phenoxy) is 1. The van der Waals surface area contributed by atoms with Gasteiger partial charge in [-0.05, 0) is 19.8 Å². The third-order valence-corrected chi connectivity index (χ3v) is 4.13. The first-order chi connectivity index (χ1) is 7.22. The maximum atomic E-state index is 5.42. The van der Waals surface area contributed by atoms with Gasteiger partial charge in [0.15, 0.2) is 5.17 Å². The lowest BCUT2D eigenvalue weighted by molar-refractivity contribution is 0.177. The molecule has 1 N–H and O–H groups in total. The van der Waals surface area contributed by atoms with E-state index >= 15 is 0 Å². The van der Waals surface area contributed by atoms with Gasteiger partial charge in [-0.2, -0.15) is 0 Å². The number of rotatable bonds is 3. The van der Waals surface area contributed by atoms with E-state index in [2.05, 4.69) is 24.2 Å². The van der Waals surface area contributed by atoms with Crippen LogP contribution in [0.5, 0.6) is 0 Å². The molecule has 0 spiro atoms. The predicted molar refractivity (Wildman–Crippen MR) is 65.6 cm³/mol. The molecular weight excluding hydrogens is 208 g/mol. The summed E-state index contributed by atoms with van der Waals surface area (Å²) in [7, 11) is 0. The zero-order valence-corrected chi connectivity index (χ0v) is 10.4. The highest BCUT2D eigenvalue weighted by Crippen LogP contribution is 2.26. The molecule has 86 valence electrons. The number of hydrogen-bond acceptors (Lipinski definition) is 4. The van der Waals surface area contributed by atoms with Crippen molar-refractivity contribution in [2.45, 2.75) is 43.9 Å². The van der Waals surface area contributed by atoms with Crippen LogP contribution >= 0.6 is 11.8 Å². The van der Waals surface area contributed by atoms with Crippen LogP contribution in [0.2, 0.25) is 0 Å². The van der Waals surface area contributed by atoms with Crippen molar-refractivity contribution in [1.82, 2.24) is 5.32 Å². The average Bonchev–Trinajstić information content (AvgIpc) is 2.77. The second kappa shape index (κ2) is 4.74. The Labute approximate surface area is 96.1 Å². The molecule has 0 aliphatic carbocycles. The van der Waals surface area contributed by atoms with Crippen LogP contribution in [0.15, 0.2) is 4.99 Å². The first-order valence-corrected chi connectivity index (χ1v) is 6.67. The lowest BCUT2D eigenvalue weighted by Crippen LogP contribution is -2.45. The van der Waals surface area contributed by atoms with E-state index in [1.165, 1.54) is 12.8 Å².